The highest BCUT2D eigenvalue weighted by molar-refractivity contribution is 5.38. The summed E-state index contributed by atoms with van der Waals surface area (Å²) in [6.07, 6.45) is 1.58. The molecule has 1 aromatic carbocycles. The topological polar surface area (TPSA) is 37.8 Å². The lowest BCUT2D eigenvalue weighted by atomic mass is 10.1. The molecular formula is C14H17N3. The van der Waals surface area contributed by atoms with Gasteiger partial charge in [0.25, 0.3) is 0 Å². The van der Waals surface area contributed by atoms with Gasteiger partial charge in [-0.25, -0.2) is 9.97 Å². The Morgan fingerprint density at radius 1 is 1.06 bits per heavy atom. The van der Waals surface area contributed by atoms with Crippen LogP contribution < -0.4 is 5.32 Å². The third kappa shape index (κ3) is 3.03. The lowest BCUT2D eigenvalue weighted by Gasteiger charge is -2.09. The summed E-state index contributed by atoms with van der Waals surface area (Å²) in [6.45, 7) is 7.00. The molecule has 0 atom stereocenters. The van der Waals surface area contributed by atoms with Crippen molar-refractivity contribution >= 4 is 5.82 Å². The van der Waals surface area contributed by atoms with Crippen molar-refractivity contribution in [2.24, 2.45) is 0 Å². The first-order valence-corrected chi connectivity index (χ1v) is 5.74. The van der Waals surface area contributed by atoms with E-state index >= 15 is 0 Å². The molecule has 17 heavy (non-hydrogen) atoms. The van der Waals surface area contributed by atoms with E-state index in [4.69, 9.17) is 0 Å². The highest BCUT2D eigenvalue weighted by Gasteiger charge is 1.99. The van der Waals surface area contributed by atoms with Gasteiger partial charge < -0.3 is 5.32 Å². The highest BCUT2D eigenvalue weighted by Crippen LogP contribution is 2.12. The van der Waals surface area contributed by atoms with Crippen molar-refractivity contribution in [2.75, 3.05) is 5.32 Å². The molecule has 0 aliphatic heterocycles. The van der Waals surface area contributed by atoms with E-state index in [0.717, 1.165) is 18.1 Å². The fourth-order valence-electron chi connectivity index (χ4n) is 1.78. The van der Waals surface area contributed by atoms with Crippen LogP contribution in [0.25, 0.3) is 0 Å². The minimum absolute atomic E-state index is 0.794. The van der Waals surface area contributed by atoms with Crippen LogP contribution in [0.1, 0.15) is 22.4 Å². The largest absolute Gasteiger partial charge is 0.366 e. The fraction of sp³-hybridized carbons (Fsp3) is 0.286. The number of aryl methyl sites for hydroxylation is 3. The Kier molecular flexibility index (Phi) is 3.38. The molecule has 3 heteroatoms. The zero-order valence-electron chi connectivity index (χ0n) is 10.5. The summed E-state index contributed by atoms with van der Waals surface area (Å²) in [5, 5.41) is 3.31. The standard InChI is InChI=1S/C14H17N3/c1-10-4-5-13(11(2)6-10)8-15-14-7-12(3)16-9-17-14/h4-7,9H,8H2,1-3H3,(H,15,16,17). The van der Waals surface area contributed by atoms with E-state index in [-0.39, 0.29) is 0 Å². The average molecular weight is 227 g/mol. The molecule has 2 aromatic rings. The van der Waals surface area contributed by atoms with Crippen molar-refractivity contribution in [3.05, 3.63) is 53.0 Å². The number of hydrogen-bond donors (Lipinski definition) is 1. The van der Waals surface area contributed by atoms with Gasteiger partial charge in [0.15, 0.2) is 0 Å². The number of aromatic nitrogens is 2. The van der Waals surface area contributed by atoms with Crippen molar-refractivity contribution in [3.63, 3.8) is 0 Å². The van der Waals surface area contributed by atoms with E-state index in [1.165, 1.54) is 16.7 Å². The van der Waals surface area contributed by atoms with E-state index in [0.29, 0.717) is 0 Å². The Labute approximate surface area is 102 Å². The molecule has 0 aliphatic rings. The van der Waals surface area contributed by atoms with Crippen molar-refractivity contribution in [1.29, 1.82) is 0 Å². The molecule has 0 amide bonds. The van der Waals surface area contributed by atoms with Crippen molar-refractivity contribution < 1.29 is 0 Å². The van der Waals surface area contributed by atoms with Crippen LogP contribution in [0.2, 0.25) is 0 Å². The van der Waals surface area contributed by atoms with Gasteiger partial charge in [-0.3, -0.25) is 0 Å². The lowest BCUT2D eigenvalue weighted by molar-refractivity contribution is 1.04. The predicted molar refractivity (Wildman–Crippen MR) is 70.0 cm³/mol. The zero-order chi connectivity index (χ0) is 12.3. The third-order valence-electron chi connectivity index (χ3n) is 2.76. The second-order valence-electron chi connectivity index (χ2n) is 4.33. The van der Waals surface area contributed by atoms with Crippen LogP contribution in [-0.2, 0) is 6.54 Å². The molecular weight excluding hydrogens is 210 g/mol. The molecule has 3 nitrogen and oxygen atoms in total. The quantitative estimate of drug-likeness (QED) is 0.875. The molecule has 1 heterocycles. The molecule has 1 N–H and O–H groups in total. The lowest BCUT2D eigenvalue weighted by Crippen LogP contribution is -2.03. The maximum Gasteiger partial charge on any atom is 0.129 e. The molecule has 0 aliphatic carbocycles. The van der Waals surface area contributed by atoms with E-state index in [1.54, 1.807) is 6.33 Å². The summed E-state index contributed by atoms with van der Waals surface area (Å²) in [5.74, 6) is 0.873. The summed E-state index contributed by atoms with van der Waals surface area (Å²) in [4.78, 5) is 8.25. The van der Waals surface area contributed by atoms with Gasteiger partial charge in [0.05, 0.1) is 0 Å². The smallest absolute Gasteiger partial charge is 0.129 e. The van der Waals surface area contributed by atoms with E-state index < -0.39 is 0 Å². The van der Waals surface area contributed by atoms with Crippen molar-refractivity contribution in [2.45, 2.75) is 27.3 Å². The minimum Gasteiger partial charge on any atom is -0.366 e. The van der Waals surface area contributed by atoms with Gasteiger partial charge in [-0.05, 0) is 31.9 Å². The van der Waals surface area contributed by atoms with Crippen LogP contribution in [-0.4, -0.2) is 9.97 Å². The Morgan fingerprint density at radius 3 is 2.59 bits per heavy atom. The Bertz CT molecular complexity index is 521. The second kappa shape index (κ2) is 4.95. The van der Waals surface area contributed by atoms with Gasteiger partial charge in [0.1, 0.15) is 12.1 Å². The van der Waals surface area contributed by atoms with Crippen LogP contribution >= 0.6 is 0 Å². The van der Waals surface area contributed by atoms with Gasteiger partial charge in [-0.15, -0.1) is 0 Å². The van der Waals surface area contributed by atoms with Gasteiger partial charge in [0.2, 0.25) is 0 Å². The van der Waals surface area contributed by atoms with Crippen LogP contribution in [0.5, 0.6) is 0 Å². The van der Waals surface area contributed by atoms with E-state index in [1.807, 2.05) is 13.0 Å². The van der Waals surface area contributed by atoms with Gasteiger partial charge >= 0.3 is 0 Å². The highest BCUT2D eigenvalue weighted by atomic mass is 15.0. The molecule has 0 saturated carbocycles. The third-order valence-corrected chi connectivity index (χ3v) is 2.76. The minimum atomic E-state index is 0.794. The Morgan fingerprint density at radius 2 is 1.88 bits per heavy atom. The van der Waals surface area contributed by atoms with Crippen LogP contribution in [0.4, 0.5) is 5.82 Å². The van der Waals surface area contributed by atoms with E-state index in [2.05, 4.69) is 47.3 Å². The summed E-state index contributed by atoms with van der Waals surface area (Å²) in [5.41, 5.74) is 4.88. The monoisotopic (exact) mass is 227 g/mol. The Hall–Kier alpha value is -1.90. The first-order chi connectivity index (χ1) is 8.15. The van der Waals surface area contributed by atoms with Gasteiger partial charge in [0, 0.05) is 18.3 Å². The van der Waals surface area contributed by atoms with Crippen molar-refractivity contribution in [3.8, 4) is 0 Å². The van der Waals surface area contributed by atoms with Crippen LogP contribution in [0, 0.1) is 20.8 Å². The summed E-state index contributed by atoms with van der Waals surface area (Å²) >= 11 is 0. The number of rotatable bonds is 3. The molecule has 2 rings (SSSR count). The summed E-state index contributed by atoms with van der Waals surface area (Å²) < 4.78 is 0. The number of anilines is 1. The zero-order valence-corrected chi connectivity index (χ0v) is 10.5. The number of hydrogen-bond acceptors (Lipinski definition) is 3. The van der Waals surface area contributed by atoms with E-state index in [9.17, 15) is 0 Å². The Balaban J connectivity index is 2.07. The molecule has 0 saturated heterocycles. The van der Waals surface area contributed by atoms with Gasteiger partial charge in [-0.2, -0.15) is 0 Å². The maximum absolute atomic E-state index is 4.18. The molecule has 1 aromatic heterocycles. The van der Waals surface area contributed by atoms with Crippen LogP contribution in [0.15, 0.2) is 30.6 Å². The average Bonchev–Trinajstić information content (AvgIpc) is 2.28. The van der Waals surface area contributed by atoms with Crippen LogP contribution in [0.3, 0.4) is 0 Å². The number of nitrogens with zero attached hydrogens (tertiary/aromatic N) is 2. The van der Waals surface area contributed by atoms with Gasteiger partial charge in [-0.1, -0.05) is 23.8 Å². The molecule has 0 radical (unpaired) electrons. The first-order valence-electron chi connectivity index (χ1n) is 5.74. The molecule has 0 fully saturated rings. The maximum atomic E-state index is 4.18. The number of benzene rings is 1. The normalized spacial score (nSPS) is 10.3. The molecule has 0 spiro atoms. The first kappa shape index (κ1) is 11.6. The summed E-state index contributed by atoms with van der Waals surface area (Å²) in [7, 11) is 0. The summed E-state index contributed by atoms with van der Waals surface area (Å²) in [6, 6.07) is 8.44. The molecule has 0 unspecified atom stereocenters. The second-order valence-corrected chi connectivity index (χ2v) is 4.33. The molecule has 0 bridgehead atoms. The molecule has 88 valence electrons. The predicted octanol–water partition coefficient (Wildman–Crippen LogP) is 3.01. The van der Waals surface area contributed by atoms with Crippen molar-refractivity contribution in [1.82, 2.24) is 9.97 Å². The number of nitrogens with one attached hydrogen (secondary N) is 1. The SMILES string of the molecule is Cc1ccc(CNc2cc(C)ncn2)c(C)c1. The fourth-order valence-corrected chi connectivity index (χ4v) is 1.78.